The van der Waals surface area contributed by atoms with E-state index in [0.29, 0.717) is 18.8 Å². The Morgan fingerprint density at radius 2 is 1.90 bits per heavy atom. The van der Waals surface area contributed by atoms with Crippen molar-refractivity contribution in [3.8, 4) is 0 Å². The summed E-state index contributed by atoms with van der Waals surface area (Å²) in [7, 11) is -4.02. The van der Waals surface area contributed by atoms with Crippen molar-refractivity contribution in [1.82, 2.24) is 4.90 Å². The van der Waals surface area contributed by atoms with Gasteiger partial charge in [-0.1, -0.05) is 6.92 Å². The highest BCUT2D eigenvalue weighted by Gasteiger charge is 2.24. The number of rotatable bonds is 4. The van der Waals surface area contributed by atoms with Gasteiger partial charge in [0.1, 0.15) is 4.90 Å². The highest BCUT2D eigenvalue weighted by Crippen LogP contribution is 2.29. The second-order valence-corrected chi connectivity index (χ2v) is 6.41. The van der Waals surface area contributed by atoms with E-state index in [-0.39, 0.29) is 10.6 Å². The molecule has 0 amide bonds. The van der Waals surface area contributed by atoms with Gasteiger partial charge in [0, 0.05) is 38.3 Å². The minimum absolute atomic E-state index is 0.193. The van der Waals surface area contributed by atoms with Crippen molar-refractivity contribution in [1.29, 1.82) is 0 Å². The molecule has 0 radical (unpaired) electrons. The van der Waals surface area contributed by atoms with Crippen LogP contribution in [0.15, 0.2) is 23.1 Å². The van der Waals surface area contributed by atoms with Gasteiger partial charge < -0.3 is 9.80 Å². The lowest BCUT2D eigenvalue weighted by Crippen LogP contribution is -2.46. The lowest BCUT2D eigenvalue weighted by atomic mass is 10.2. The number of hydrogen-bond donors (Lipinski definition) is 1. The molecule has 116 valence electrons. The zero-order valence-corrected chi connectivity index (χ0v) is 12.5. The second-order valence-electron chi connectivity index (χ2n) is 4.88. The Morgan fingerprint density at radius 3 is 2.38 bits per heavy atom. The van der Waals surface area contributed by atoms with Crippen LogP contribution in [-0.4, -0.2) is 51.0 Å². The van der Waals surface area contributed by atoms with Crippen LogP contribution in [0.1, 0.15) is 6.92 Å². The standard InChI is InChI=1S/C12H18N4O4S/c1-2-14-5-7-15(8-6-14)11-4-3-10(16(17)18)9-12(11)21(13,19)20/h3-4,9H,2,5-8H2,1H3,(H2,13,19,20). The van der Waals surface area contributed by atoms with Crippen molar-refractivity contribution in [2.45, 2.75) is 11.8 Å². The van der Waals surface area contributed by atoms with Crippen LogP contribution in [0.2, 0.25) is 0 Å². The van der Waals surface area contributed by atoms with Crippen LogP contribution < -0.4 is 10.0 Å². The molecule has 9 heteroatoms. The van der Waals surface area contributed by atoms with Crippen molar-refractivity contribution < 1.29 is 13.3 Å². The summed E-state index contributed by atoms with van der Waals surface area (Å²) in [4.78, 5) is 14.1. The van der Waals surface area contributed by atoms with E-state index >= 15 is 0 Å². The summed E-state index contributed by atoms with van der Waals surface area (Å²) >= 11 is 0. The molecule has 1 fully saturated rings. The van der Waals surface area contributed by atoms with Crippen molar-refractivity contribution in [2.75, 3.05) is 37.6 Å². The largest absolute Gasteiger partial charge is 0.368 e. The summed E-state index contributed by atoms with van der Waals surface area (Å²) in [5.41, 5.74) is 0.147. The van der Waals surface area contributed by atoms with Gasteiger partial charge in [-0.05, 0) is 12.6 Å². The Labute approximate surface area is 123 Å². The number of benzene rings is 1. The molecular weight excluding hydrogens is 296 g/mol. The van der Waals surface area contributed by atoms with Crippen molar-refractivity contribution in [2.24, 2.45) is 5.14 Å². The average Bonchev–Trinajstić information content (AvgIpc) is 2.46. The predicted octanol–water partition coefficient (Wildman–Crippen LogP) is 0.384. The number of anilines is 1. The molecule has 1 saturated heterocycles. The summed E-state index contributed by atoms with van der Waals surface area (Å²) in [6, 6.07) is 3.78. The number of nitrogens with two attached hydrogens (primary N) is 1. The van der Waals surface area contributed by atoms with Gasteiger partial charge in [-0.2, -0.15) is 0 Å². The summed E-state index contributed by atoms with van der Waals surface area (Å²) in [5.74, 6) is 0. The van der Waals surface area contributed by atoms with Gasteiger partial charge in [0.15, 0.2) is 0 Å². The van der Waals surface area contributed by atoms with Gasteiger partial charge in [0.05, 0.1) is 10.6 Å². The van der Waals surface area contributed by atoms with E-state index in [1.807, 2.05) is 4.90 Å². The monoisotopic (exact) mass is 314 g/mol. The smallest absolute Gasteiger partial charge is 0.270 e. The molecule has 0 bridgehead atoms. The van der Waals surface area contributed by atoms with E-state index < -0.39 is 14.9 Å². The maximum absolute atomic E-state index is 11.7. The summed E-state index contributed by atoms with van der Waals surface area (Å²) in [6.07, 6.45) is 0. The van der Waals surface area contributed by atoms with Crippen LogP contribution in [0.5, 0.6) is 0 Å². The SMILES string of the molecule is CCN1CCN(c2ccc([N+](=O)[O-])cc2S(N)(=O)=O)CC1. The maximum atomic E-state index is 11.7. The first-order valence-corrected chi connectivity index (χ1v) is 8.16. The molecule has 1 aliphatic heterocycles. The van der Waals surface area contributed by atoms with Gasteiger partial charge >= 0.3 is 0 Å². The lowest BCUT2D eigenvalue weighted by molar-refractivity contribution is -0.385. The van der Waals surface area contributed by atoms with Crippen LogP contribution in [0.4, 0.5) is 11.4 Å². The second kappa shape index (κ2) is 5.96. The number of primary sulfonamides is 1. The molecular formula is C12H18N4O4S. The van der Waals surface area contributed by atoms with E-state index in [9.17, 15) is 18.5 Å². The number of nitro groups is 1. The fourth-order valence-electron chi connectivity index (χ4n) is 2.41. The van der Waals surface area contributed by atoms with Crippen molar-refractivity contribution >= 4 is 21.4 Å². The molecule has 0 atom stereocenters. The average molecular weight is 314 g/mol. The predicted molar refractivity (Wildman–Crippen MR) is 78.8 cm³/mol. The number of sulfonamides is 1. The normalized spacial score (nSPS) is 17.0. The van der Waals surface area contributed by atoms with E-state index in [2.05, 4.69) is 11.8 Å². The highest BCUT2D eigenvalue weighted by atomic mass is 32.2. The van der Waals surface area contributed by atoms with Crippen LogP contribution >= 0.6 is 0 Å². The summed E-state index contributed by atoms with van der Waals surface area (Å²) < 4.78 is 23.4. The molecule has 0 aliphatic carbocycles. The number of non-ortho nitro benzene ring substituents is 1. The van der Waals surface area contributed by atoms with Crippen LogP contribution in [-0.2, 0) is 10.0 Å². The Balaban J connectivity index is 2.37. The highest BCUT2D eigenvalue weighted by molar-refractivity contribution is 7.89. The van der Waals surface area contributed by atoms with Gasteiger partial charge in [-0.25, -0.2) is 13.6 Å². The zero-order valence-electron chi connectivity index (χ0n) is 11.7. The first-order valence-electron chi connectivity index (χ1n) is 6.61. The Kier molecular flexibility index (Phi) is 4.45. The van der Waals surface area contributed by atoms with Crippen molar-refractivity contribution in [3.63, 3.8) is 0 Å². The van der Waals surface area contributed by atoms with Gasteiger partial charge in [-0.15, -0.1) is 0 Å². The Hall–Kier alpha value is -1.71. The first-order chi connectivity index (χ1) is 9.82. The lowest BCUT2D eigenvalue weighted by Gasteiger charge is -2.36. The topological polar surface area (TPSA) is 110 Å². The maximum Gasteiger partial charge on any atom is 0.270 e. The summed E-state index contributed by atoms with van der Waals surface area (Å²) in [6.45, 7) is 5.96. The van der Waals surface area contributed by atoms with E-state index in [1.165, 1.54) is 12.1 Å². The molecule has 0 spiro atoms. The fourth-order valence-corrected chi connectivity index (χ4v) is 3.18. The molecule has 2 rings (SSSR count). The number of nitrogens with zero attached hydrogens (tertiary/aromatic N) is 3. The minimum atomic E-state index is -4.02. The number of hydrogen-bond acceptors (Lipinski definition) is 6. The van der Waals surface area contributed by atoms with E-state index in [1.54, 1.807) is 0 Å². The Morgan fingerprint density at radius 1 is 1.29 bits per heavy atom. The molecule has 2 N–H and O–H groups in total. The zero-order chi connectivity index (χ0) is 15.6. The van der Waals surface area contributed by atoms with Gasteiger partial charge in [-0.3, -0.25) is 10.1 Å². The minimum Gasteiger partial charge on any atom is -0.368 e. The van der Waals surface area contributed by atoms with E-state index in [0.717, 1.165) is 25.7 Å². The fraction of sp³-hybridized carbons (Fsp3) is 0.500. The molecule has 0 aromatic heterocycles. The number of likely N-dealkylation sites (N-methyl/N-ethyl adjacent to an activating group) is 1. The third-order valence-corrected chi connectivity index (χ3v) is 4.56. The molecule has 1 aliphatic rings. The third kappa shape index (κ3) is 3.49. The molecule has 0 saturated carbocycles. The van der Waals surface area contributed by atoms with Gasteiger partial charge in [0.25, 0.3) is 5.69 Å². The number of piperazine rings is 1. The van der Waals surface area contributed by atoms with Gasteiger partial charge in [0.2, 0.25) is 10.0 Å². The molecule has 1 heterocycles. The molecule has 0 unspecified atom stereocenters. The Bertz CT molecular complexity index is 639. The first kappa shape index (κ1) is 15.7. The molecule has 8 nitrogen and oxygen atoms in total. The van der Waals surface area contributed by atoms with E-state index in [4.69, 9.17) is 5.14 Å². The molecule has 1 aromatic rings. The van der Waals surface area contributed by atoms with Crippen LogP contribution in [0, 0.1) is 10.1 Å². The quantitative estimate of drug-likeness (QED) is 0.635. The summed E-state index contributed by atoms with van der Waals surface area (Å²) in [5, 5.41) is 16.0. The number of nitro benzene ring substituents is 1. The van der Waals surface area contributed by atoms with Crippen molar-refractivity contribution in [3.05, 3.63) is 28.3 Å². The van der Waals surface area contributed by atoms with Crippen LogP contribution in [0.25, 0.3) is 0 Å². The molecule has 21 heavy (non-hydrogen) atoms. The molecule has 1 aromatic carbocycles. The van der Waals surface area contributed by atoms with Crippen LogP contribution in [0.3, 0.4) is 0 Å². The third-order valence-electron chi connectivity index (χ3n) is 3.62.